The monoisotopic (exact) mass is 381 g/mol. The smallest absolute Gasteiger partial charge is 0.492 e. The molecule has 1 aromatic carbocycles. The van der Waals surface area contributed by atoms with Crippen LogP contribution in [0.4, 0.5) is 0 Å². The Hall–Kier alpha value is -1.83. The van der Waals surface area contributed by atoms with E-state index < -0.39 is 0 Å². The zero-order valence-corrected chi connectivity index (χ0v) is 17.1. The number of aromatic nitrogens is 2. The Balaban J connectivity index is 1.48. The highest BCUT2D eigenvalue weighted by atomic mass is 16.7. The van der Waals surface area contributed by atoms with Gasteiger partial charge in [-0.05, 0) is 64.7 Å². The number of hydrogen-bond donors (Lipinski definition) is 2. The van der Waals surface area contributed by atoms with Crippen molar-refractivity contribution in [3.8, 4) is 17.0 Å². The summed E-state index contributed by atoms with van der Waals surface area (Å²) in [7, 11) is -0.390. The lowest BCUT2D eigenvalue weighted by Gasteiger charge is -2.32. The van der Waals surface area contributed by atoms with E-state index in [1.54, 1.807) is 0 Å². The Labute approximate surface area is 166 Å². The van der Waals surface area contributed by atoms with E-state index >= 15 is 0 Å². The van der Waals surface area contributed by atoms with Crippen LogP contribution in [-0.4, -0.2) is 41.4 Å². The molecule has 5 rings (SSSR count). The third-order valence-electron chi connectivity index (χ3n) is 6.58. The average molecular weight is 381 g/mol. The summed E-state index contributed by atoms with van der Waals surface area (Å²) in [5.74, 6) is 1.90. The molecule has 0 aliphatic carbocycles. The Morgan fingerprint density at radius 1 is 1.14 bits per heavy atom. The Morgan fingerprint density at radius 3 is 2.64 bits per heavy atom. The highest BCUT2D eigenvalue weighted by Crippen LogP contribution is 2.38. The molecule has 4 heterocycles. The number of rotatable bonds is 2. The molecule has 1 atom stereocenters. The van der Waals surface area contributed by atoms with Crippen molar-refractivity contribution in [2.75, 3.05) is 13.2 Å². The minimum absolute atomic E-state index is 0.334. The average Bonchev–Trinajstić information content (AvgIpc) is 3.32. The van der Waals surface area contributed by atoms with Gasteiger partial charge in [-0.3, -0.25) is 0 Å². The molecule has 28 heavy (non-hydrogen) atoms. The normalized spacial score (nSPS) is 25.1. The van der Waals surface area contributed by atoms with E-state index in [2.05, 4.69) is 56.2 Å². The summed E-state index contributed by atoms with van der Waals surface area (Å²) in [5, 5.41) is 3.53. The molecular weight excluding hydrogens is 353 g/mol. The molecule has 6 nitrogen and oxygen atoms in total. The molecule has 7 heteroatoms. The second-order valence-corrected chi connectivity index (χ2v) is 9.04. The molecule has 2 N–H and O–H groups in total. The fourth-order valence-electron chi connectivity index (χ4n) is 4.16. The fraction of sp³-hybridized carbons (Fsp3) is 0.571. The van der Waals surface area contributed by atoms with E-state index in [4.69, 9.17) is 19.0 Å². The Kier molecular flexibility index (Phi) is 4.13. The lowest BCUT2D eigenvalue weighted by molar-refractivity contribution is 0.00578. The van der Waals surface area contributed by atoms with Crippen molar-refractivity contribution in [3.05, 3.63) is 29.7 Å². The predicted octanol–water partition coefficient (Wildman–Crippen LogP) is 2.74. The van der Waals surface area contributed by atoms with Crippen LogP contribution in [-0.2, 0) is 15.7 Å². The SMILES string of the molecule is CC1(C)OB(c2ccc3c(c2)OCCc2[nH]c(C4CCCN4)nc2-3)OC1(C)C. The predicted molar refractivity (Wildman–Crippen MR) is 109 cm³/mol. The minimum atomic E-state index is -0.390. The maximum absolute atomic E-state index is 6.21. The Bertz CT molecular complexity index is 886. The van der Waals surface area contributed by atoms with Gasteiger partial charge in [0.1, 0.15) is 11.6 Å². The zero-order valence-electron chi connectivity index (χ0n) is 17.1. The number of aromatic amines is 1. The molecule has 0 radical (unpaired) electrons. The first kappa shape index (κ1) is 18.2. The van der Waals surface area contributed by atoms with Gasteiger partial charge in [0.25, 0.3) is 0 Å². The molecule has 148 valence electrons. The van der Waals surface area contributed by atoms with Crippen LogP contribution in [0.25, 0.3) is 11.3 Å². The first-order chi connectivity index (χ1) is 13.3. The van der Waals surface area contributed by atoms with Gasteiger partial charge in [-0.2, -0.15) is 0 Å². The van der Waals surface area contributed by atoms with E-state index in [9.17, 15) is 0 Å². The van der Waals surface area contributed by atoms with Gasteiger partial charge in [0.15, 0.2) is 0 Å². The number of benzene rings is 1. The van der Waals surface area contributed by atoms with Crippen molar-refractivity contribution < 1.29 is 14.0 Å². The quantitative estimate of drug-likeness (QED) is 0.783. The molecule has 0 amide bonds. The van der Waals surface area contributed by atoms with Crippen molar-refractivity contribution in [1.82, 2.24) is 15.3 Å². The van der Waals surface area contributed by atoms with E-state index in [1.807, 2.05) is 0 Å². The lowest BCUT2D eigenvalue weighted by Crippen LogP contribution is -2.41. The second-order valence-electron chi connectivity index (χ2n) is 9.04. The summed E-state index contributed by atoms with van der Waals surface area (Å²) in [5.41, 5.74) is 3.47. The topological polar surface area (TPSA) is 68.4 Å². The number of nitrogens with zero attached hydrogens (tertiary/aromatic N) is 1. The summed E-state index contributed by atoms with van der Waals surface area (Å²) in [6.07, 6.45) is 3.17. The third kappa shape index (κ3) is 2.88. The summed E-state index contributed by atoms with van der Waals surface area (Å²) in [6.45, 7) is 9.98. The second kappa shape index (κ2) is 6.34. The molecule has 0 bridgehead atoms. The maximum Gasteiger partial charge on any atom is 0.494 e. The largest absolute Gasteiger partial charge is 0.494 e. The van der Waals surface area contributed by atoms with Crippen molar-refractivity contribution in [3.63, 3.8) is 0 Å². The van der Waals surface area contributed by atoms with Gasteiger partial charge in [-0.15, -0.1) is 0 Å². The van der Waals surface area contributed by atoms with Gasteiger partial charge < -0.3 is 24.3 Å². The van der Waals surface area contributed by atoms with Crippen LogP contribution in [0.3, 0.4) is 0 Å². The highest BCUT2D eigenvalue weighted by molar-refractivity contribution is 6.62. The number of imidazole rings is 1. The number of hydrogen-bond acceptors (Lipinski definition) is 5. The van der Waals surface area contributed by atoms with Crippen molar-refractivity contribution >= 4 is 12.6 Å². The van der Waals surface area contributed by atoms with Crippen LogP contribution in [0.1, 0.15) is 58.1 Å². The number of ether oxygens (including phenoxy) is 1. The molecule has 3 aliphatic rings. The molecule has 1 unspecified atom stereocenters. The first-order valence-electron chi connectivity index (χ1n) is 10.3. The van der Waals surface area contributed by atoms with Gasteiger partial charge in [-0.25, -0.2) is 4.98 Å². The minimum Gasteiger partial charge on any atom is -0.492 e. The summed E-state index contributed by atoms with van der Waals surface area (Å²) < 4.78 is 18.5. The first-order valence-corrected chi connectivity index (χ1v) is 10.3. The van der Waals surface area contributed by atoms with E-state index in [0.29, 0.717) is 12.6 Å². The van der Waals surface area contributed by atoms with Crippen LogP contribution in [0, 0.1) is 0 Å². The fourth-order valence-corrected chi connectivity index (χ4v) is 4.16. The number of nitrogens with one attached hydrogen (secondary N) is 2. The zero-order chi connectivity index (χ0) is 19.5. The lowest BCUT2D eigenvalue weighted by atomic mass is 9.78. The van der Waals surface area contributed by atoms with E-state index in [-0.39, 0.29) is 18.3 Å². The summed E-state index contributed by atoms with van der Waals surface area (Å²) >= 11 is 0. The molecule has 0 spiro atoms. The third-order valence-corrected chi connectivity index (χ3v) is 6.58. The maximum atomic E-state index is 6.21. The summed E-state index contributed by atoms with van der Waals surface area (Å²) in [6, 6.07) is 6.54. The molecule has 1 aromatic heterocycles. The van der Waals surface area contributed by atoms with Gasteiger partial charge in [0.2, 0.25) is 0 Å². The Morgan fingerprint density at radius 2 is 1.93 bits per heavy atom. The molecular formula is C21H28BN3O3. The van der Waals surface area contributed by atoms with Crippen molar-refractivity contribution in [2.45, 2.75) is 64.2 Å². The number of H-pyrrole nitrogens is 1. The van der Waals surface area contributed by atoms with Crippen molar-refractivity contribution in [2.24, 2.45) is 0 Å². The van der Waals surface area contributed by atoms with Crippen LogP contribution in [0.2, 0.25) is 0 Å². The molecule has 2 aromatic rings. The van der Waals surface area contributed by atoms with E-state index in [0.717, 1.165) is 53.4 Å². The molecule has 2 saturated heterocycles. The standard InChI is InChI=1S/C21H28BN3O3/c1-20(2)21(3,4)28-22(27-20)13-7-8-14-17(12-13)26-11-9-15-18(14)25-19(24-15)16-6-5-10-23-16/h7-8,12,16,23H,5-6,9-11H2,1-4H3,(H,24,25). The van der Waals surface area contributed by atoms with Gasteiger partial charge in [0, 0.05) is 17.7 Å². The molecule has 2 fully saturated rings. The van der Waals surface area contributed by atoms with Gasteiger partial charge in [-0.1, -0.05) is 6.07 Å². The van der Waals surface area contributed by atoms with Gasteiger partial charge in [0.05, 0.1) is 29.5 Å². The molecule has 3 aliphatic heterocycles. The van der Waals surface area contributed by atoms with Crippen LogP contribution in [0.15, 0.2) is 18.2 Å². The number of fused-ring (bicyclic) bond motifs is 3. The van der Waals surface area contributed by atoms with Crippen LogP contribution < -0.4 is 15.5 Å². The summed E-state index contributed by atoms with van der Waals surface area (Å²) in [4.78, 5) is 8.49. The highest BCUT2D eigenvalue weighted by Gasteiger charge is 2.51. The van der Waals surface area contributed by atoms with Crippen LogP contribution >= 0.6 is 0 Å². The van der Waals surface area contributed by atoms with Crippen molar-refractivity contribution in [1.29, 1.82) is 0 Å². The van der Waals surface area contributed by atoms with Gasteiger partial charge >= 0.3 is 7.12 Å². The van der Waals surface area contributed by atoms with E-state index in [1.165, 1.54) is 6.42 Å². The molecule has 0 saturated carbocycles. The van der Waals surface area contributed by atoms with Crippen LogP contribution in [0.5, 0.6) is 5.75 Å².